The molecule has 0 aromatic heterocycles. The number of halogens is 3. The molecule has 1 aromatic rings. The second-order valence-corrected chi connectivity index (χ2v) is 6.83. The van der Waals surface area contributed by atoms with Gasteiger partial charge in [-0.25, -0.2) is 8.42 Å². The quantitative estimate of drug-likeness (QED) is 0.801. The zero-order chi connectivity index (χ0) is 15.1. The van der Waals surface area contributed by atoms with E-state index in [0.29, 0.717) is 12.5 Å². The summed E-state index contributed by atoms with van der Waals surface area (Å²) in [4.78, 5) is 0. The van der Waals surface area contributed by atoms with Crippen molar-refractivity contribution < 1.29 is 21.6 Å². The lowest BCUT2D eigenvalue weighted by Gasteiger charge is -2.20. The van der Waals surface area contributed by atoms with E-state index in [0.717, 1.165) is 10.4 Å². The van der Waals surface area contributed by atoms with Crippen molar-refractivity contribution in [2.45, 2.75) is 24.8 Å². The molecule has 108 valence electrons. The van der Waals surface area contributed by atoms with Gasteiger partial charge in [-0.3, -0.25) is 4.31 Å². The molecule has 8 heteroatoms. The Bertz CT molecular complexity index is 677. The molecule has 1 saturated heterocycles. The van der Waals surface area contributed by atoms with Crippen LogP contribution in [0.3, 0.4) is 0 Å². The van der Waals surface area contributed by atoms with Crippen LogP contribution in [-0.2, 0) is 16.2 Å². The van der Waals surface area contributed by atoms with Crippen LogP contribution in [-0.4, -0.2) is 20.2 Å². The Kier molecular flexibility index (Phi) is 3.42. The van der Waals surface area contributed by atoms with Crippen molar-refractivity contribution in [1.82, 2.24) is 0 Å². The number of benzene rings is 1. The summed E-state index contributed by atoms with van der Waals surface area (Å²) in [5.41, 5.74) is -1.70. The number of sulfonamides is 1. The Morgan fingerprint density at radius 3 is 2.50 bits per heavy atom. The van der Waals surface area contributed by atoms with Gasteiger partial charge in [0.1, 0.15) is 0 Å². The van der Waals surface area contributed by atoms with Crippen LogP contribution < -0.4 is 4.31 Å². The van der Waals surface area contributed by atoms with Gasteiger partial charge in [0, 0.05) is 6.54 Å². The molecule has 2 rings (SSSR count). The third-order valence-electron chi connectivity index (χ3n) is 3.27. The summed E-state index contributed by atoms with van der Waals surface area (Å²) in [6.07, 6.45) is -4.33. The van der Waals surface area contributed by atoms with Gasteiger partial charge >= 0.3 is 6.18 Å². The third kappa shape index (κ3) is 2.33. The van der Waals surface area contributed by atoms with Gasteiger partial charge in [-0.1, -0.05) is 0 Å². The van der Waals surface area contributed by atoms with E-state index in [2.05, 4.69) is 0 Å². The minimum Gasteiger partial charge on any atom is -0.270 e. The van der Waals surface area contributed by atoms with Gasteiger partial charge in [0.15, 0.2) is 0 Å². The van der Waals surface area contributed by atoms with Crippen molar-refractivity contribution in [2.24, 2.45) is 0 Å². The van der Waals surface area contributed by atoms with Crippen LogP contribution in [0.25, 0.3) is 0 Å². The highest BCUT2D eigenvalue weighted by Crippen LogP contribution is 2.36. The minimum atomic E-state index is -4.70. The molecule has 1 heterocycles. The summed E-state index contributed by atoms with van der Waals surface area (Å²) in [5.74, 6) is 0. The summed E-state index contributed by atoms with van der Waals surface area (Å²) in [7, 11) is -3.62. The molecular formula is C12H11F3N2O2S. The number of rotatable bonds is 1. The van der Waals surface area contributed by atoms with Gasteiger partial charge in [0.2, 0.25) is 10.0 Å². The highest BCUT2D eigenvalue weighted by molar-refractivity contribution is 7.93. The normalized spacial score (nSPS) is 21.8. The average Bonchev–Trinajstić information content (AvgIpc) is 2.62. The smallest absolute Gasteiger partial charge is 0.270 e. The largest absolute Gasteiger partial charge is 0.417 e. The maximum Gasteiger partial charge on any atom is 0.417 e. The molecule has 0 amide bonds. The lowest BCUT2D eigenvalue weighted by Crippen LogP contribution is -2.28. The predicted molar refractivity (Wildman–Crippen MR) is 66.5 cm³/mol. The topological polar surface area (TPSA) is 61.2 Å². The summed E-state index contributed by atoms with van der Waals surface area (Å²) in [6, 6.07) is 4.40. The first-order valence-electron chi connectivity index (χ1n) is 5.81. The number of hydrogen-bond acceptors (Lipinski definition) is 3. The van der Waals surface area contributed by atoms with Crippen molar-refractivity contribution in [1.29, 1.82) is 5.26 Å². The Hall–Kier alpha value is -1.75. The predicted octanol–water partition coefficient (Wildman–Crippen LogP) is 2.51. The Labute approximate surface area is 114 Å². The fraction of sp³-hybridized carbons (Fsp3) is 0.417. The van der Waals surface area contributed by atoms with Gasteiger partial charge in [0.05, 0.1) is 28.1 Å². The van der Waals surface area contributed by atoms with Crippen LogP contribution in [0.15, 0.2) is 18.2 Å². The zero-order valence-electron chi connectivity index (χ0n) is 10.5. The fourth-order valence-electron chi connectivity index (χ4n) is 2.09. The minimum absolute atomic E-state index is 0.0549. The van der Waals surface area contributed by atoms with Crippen molar-refractivity contribution in [3.05, 3.63) is 29.3 Å². The maximum absolute atomic E-state index is 12.9. The van der Waals surface area contributed by atoms with E-state index < -0.39 is 32.6 Å². The Morgan fingerprint density at radius 1 is 1.40 bits per heavy atom. The highest BCUT2D eigenvalue weighted by Gasteiger charge is 2.38. The molecule has 1 atom stereocenters. The highest BCUT2D eigenvalue weighted by atomic mass is 32.2. The monoisotopic (exact) mass is 304 g/mol. The fourth-order valence-corrected chi connectivity index (χ4v) is 3.69. The molecule has 20 heavy (non-hydrogen) atoms. The molecular weight excluding hydrogens is 293 g/mol. The van der Waals surface area contributed by atoms with E-state index in [-0.39, 0.29) is 12.2 Å². The van der Waals surface area contributed by atoms with Crippen molar-refractivity contribution in [3.63, 3.8) is 0 Å². The van der Waals surface area contributed by atoms with Crippen LogP contribution >= 0.6 is 0 Å². The van der Waals surface area contributed by atoms with Crippen LogP contribution in [0.1, 0.15) is 24.5 Å². The number of nitrogens with zero attached hydrogens (tertiary/aromatic N) is 2. The first-order valence-corrected chi connectivity index (χ1v) is 7.31. The SMILES string of the molecule is C[C@@H]1CCN(c2ccc(C#N)c(C(F)(F)F)c2)S1(=O)=O. The summed E-state index contributed by atoms with van der Waals surface area (Å²) in [6.45, 7) is 1.66. The molecule has 4 nitrogen and oxygen atoms in total. The summed E-state index contributed by atoms with van der Waals surface area (Å²) < 4.78 is 63.5. The molecule has 0 unspecified atom stereocenters. The van der Waals surface area contributed by atoms with E-state index in [1.807, 2.05) is 0 Å². The van der Waals surface area contributed by atoms with E-state index in [1.54, 1.807) is 0 Å². The van der Waals surface area contributed by atoms with E-state index in [9.17, 15) is 21.6 Å². The third-order valence-corrected chi connectivity index (χ3v) is 5.53. The van der Waals surface area contributed by atoms with Gasteiger partial charge < -0.3 is 0 Å². The summed E-state index contributed by atoms with van der Waals surface area (Å²) in [5, 5.41) is 8.08. The number of hydrogen-bond donors (Lipinski definition) is 0. The molecule has 0 spiro atoms. The molecule has 1 aliphatic heterocycles. The van der Waals surface area contributed by atoms with Crippen molar-refractivity contribution >= 4 is 15.7 Å². The number of nitriles is 1. The first-order chi connectivity index (χ1) is 9.17. The molecule has 1 fully saturated rings. The molecule has 0 aliphatic carbocycles. The van der Waals surface area contributed by atoms with Gasteiger partial charge in [-0.05, 0) is 31.5 Å². The van der Waals surface area contributed by atoms with E-state index in [4.69, 9.17) is 5.26 Å². The average molecular weight is 304 g/mol. The standard InChI is InChI=1S/C12H11F3N2O2S/c1-8-4-5-17(20(8,18)19)10-3-2-9(7-16)11(6-10)12(13,14)15/h2-3,6,8H,4-5H2,1H3/t8-/m1/s1. The van der Waals surface area contributed by atoms with Crippen molar-refractivity contribution in [3.8, 4) is 6.07 Å². The van der Waals surface area contributed by atoms with E-state index in [1.165, 1.54) is 19.1 Å². The van der Waals surface area contributed by atoms with E-state index >= 15 is 0 Å². The first kappa shape index (κ1) is 14.7. The lowest BCUT2D eigenvalue weighted by atomic mass is 10.1. The zero-order valence-corrected chi connectivity index (χ0v) is 11.3. The van der Waals surface area contributed by atoms with Gasteiger partial charge in [0.25, 0.3) is 0 Å². The van der Waals surface area contributed by atoms with Crippen molar-refractivity contribution in [2.75, 3.05) is 10.8 Å². The Morgan fingerprint density at radius 2 is 2.05 bits per heavy atom. The van der Waals surface area contributed by atoms with Crippen LogP contribution in [0.5, 0.6) is 0 Å². The molecule has 0 saturated carbocycles. The molecule has 0 bridgehead atoms. The van der Waals surface area contributed by atoms with Crippen LogP contribution in [0.2, 0.25) is 0 Å². The molecule has 1 aliphatic rings. The lowest BCUT2D eigenvalue weighted by molar-refractivity contribution is -0.137. The van der Waals surface area contributed by atoms with Crippen LogP contribution in [0.4, 0.5) is 18.9 Å². The van der Waals surface area contributed by atoms with Gasteiger partial charge in [-0.2, -0.15) is 18.4 Å². The molecule has 0 radical (unpaired) electrons. The Balaban J connectivity index is 2.54. The van der Waals surface area contributed by atoms with Crippen LogP contribution in [0, 0.1) is 11.3 Å². The second-order valence-electron chi connectivity index (χ2n) is 4.56. The second kappa shape index (κ2) is 4.66. The molecule has 1 aromatic carbocycles. The number of anilines is 1. The molecule has 0 N–H and O–H groups in total. The summed E-state index contributed by atoms with van der Waals surface area (Å²) >= 11 is 0. The maximum atomic E-state index is 12.9. The number of alkyl halides is 3. The van der Waals surface area contributed by atoms with Gasteiger partial charge in [-0.15, -0.1) is 0 Å².